The molecule has 0 radical (unpaired) electrons. The highest BCUT2D eigenvalue weighted by molar-refractivity contribution is 5.95. The topological polar surface area (TPSA) is 78.4 Å². The number of benzene rings is 3. The largest absolute Gasteiger partial charge is 0.493 e. The van der Waals surface area contributed by atoms with Crippen LogP contribution in [0.3, 0.4) is 0 Å². The molecular weight excluding hydrogens is 439 g/mol. The van der Waals surface area contributed by atoms with Gasteiger partial charge in [0.25, 0.3) is 5.91 Å². The Hall–Kier alpha value is -4.07. The highest BCUT2D eigenvalue weighted by Crippen LogP contribution is 2.29. The van der Waals surface area contributed by atoms with Gasteiger partial charge in [-0.25, -0.2) is 9.82 Å². The van der Waals surface area contributed by atoms with Gasteiger partial charge in [0.1, 0.15) is 12.4 Å². The molecule has 0 aromatic heterocycles. The van der Waals surface area contributed by atoms with E-state index in [9.17, 15) is 9.18 Å². The van der Waals surface area contributed by atoms with Crippen molar-refractivity contribution in [3.8, 4) is 23.0 Å². The highest BCUT2D eigenvalue weighted by Gasteiger charge is 2.11. The van der Waals surface area contributed by atoms with Gasteiger partial charge in [0, 0.05) is 5.56 Å². The van der Waals surface area contributed by atoms with Crippen LogP contribution in [-0.2, 0) is 6.61 Å². The van der Waals surface area contributed by atoms with Crippen molar-refractivity contribution in [2.24, 2.45) is 5.10 Å². The third-order valence-corrected chi connectivity index (χ3v) is 4.74. The Morgan fingerprint density at radius 2 is 1.68 bits per heavy atom. The maximum atomic E-state index is 13.3. The summed E-state index contributed by atoms with van der Waals surface area (Å²) in [5, 5.41) is 4.02. The standard InChI is InChI=1S/C26H27FN2O5/c1-4-12-33-22-11-9-20(15-25(22)32-3)26(30)29-28-16-18-8-10-23(24(14-18)31-2)34-17-19-6-5-7-21(27)13-19/h5-11,13-16H,4,12,17H2,1-3H3,(H,29,30)/b28-16+. The third-order valence-electron chi connectivity index (χ3n) is 4.74. The van der Waals surface area contributed by atoms with Crippen LogP contribution in [0, 0.1) is 5.82 Å². The summed E-state index contributed by atoms with van der Waals surface area (Å²) in [6.45, 7) is 2.77. The van der Waals surface area contributed by atoms with Crippen LogP contribution in [0.25, 0.3) is 0 Å². The zero-order valence-electron chi connectivity index (χ0n) is 19.3. The Bertz CT molecular complexity index is 1150. The van der Waals surface area contributed by atoms with E-state index in [0.29, 0.717) is 46.3 Å². The molecule has 0 aliphatic heterocycles. The molecule has 178 valence electrons. The van der Waals surface area contributed by atoms with Crippen molar-refractivity contribution < 1.29 is 28.1 Å². The van der Waals surface area contributed by atoms with Crippen molar-refractivity contribution in [1.29, 1.82) is 0 Å². The molecule has 1 amide bonds. The lowest BCUT2D eigenvalue weighted by Crippen LogP contribution is -2.17. The fraction of sp³-hybridized carbons (Fsp3) is 0.231. The van der Waals surface area contributed by atoms with Gasteiger partial charge in [-0.05, 0) is 66.1 Å². The number of hydrogen-bond acceptors (Lipinski definition) is 6. The maximum absolute atomic E-state index is 13.3. The summed E-state index contributed by atoms with van der Waals surface area (Å²) in [5.74, 6) is 1.34. The fourth-order valence-electron chi connectivity index (χ4n) is 3.04. The second-order valence-electron chi connectivity index (χ2n) is 7.24. The molecule has 0 heterocycles. The van der Waals surface area contributed by atoms with Gasteiger partial charge in [-0.15, -0.1) is 0 Å². The summed E-state index contributed by atoms with van der Waals surface area (Å²) in [7, 11) is 3.04. The minimum Gasteiger partial charge on any atom is -0.493 e. The molecule has 0 spiro atoms. The average molecular weight is 467 g/mol. The lowest BCUT2D eigenvalue weighted by Gasteiger charge is -2.11. The summed E-state index contributed by atoms with van der Waals surface area (Å²) < 4.78 is 35.4. The van der Waals surface area contributed by atoms with Gasteiger partial charge in [-0.3, -0.25) is 4.79 Å². The van der Waals surface area contributed by atoms with E-state index >= 15 is 0 Å². The minimum atomic E-state index is -0.390. The summed E-state index contributed by atoms with van der Waals surface area (Å²) in [6, 6.07) is 16.4. The van der Waals surface area contributed by atoms with E-state index in [1.807, 2.05) is 6.92 Å². The number of nitrogens with one attached hydrogen (secondary N) is 1. The lowest BCUT2D eigenvalue weighted by molar-refractivity contribution is 0.0954. The predicted octanol–water partition coefficient (Wildman–Crippen LogP) is 4.97. The highest BCUT2D eigenvalue weighted by atomic mass is 19.1. The van der Waals surface area contributed by atoms with Crippen molar-refractivity contribution in [1.82, 2.24) is 5.43 Å². The van der Waals surface area contributed by atoms with Gasteiger partial charge < -0.3 is 18.9 Å². The number of amides is 1. The first kappa shape index (κ1) is 24.6. The molecule has 0 aliphatic rings. The van der Waals surface area contributed by atoms with E-state index in [1.165, 1.54) is 32.6 Å². The Morgan fingerprint density at radius 3 is 2.41 bits per heavy atom. The van der Waals surface area contributed by atoms with E-state index < -0.39 is 5.91 Å². The SMILES string of the molecule is CCCOc1ccc(C(=O)N/N=C/c2ccc(OCc3cccc(F)c3)c(OC)c2)cc1OC. The number of methoxy groups -OCH3 is 2. The van der Waals surface area contributed by atoms with Crippen LogP contribution in [0.15, 0.2) is 65.8 Å². The molecule has 7 nitrogen and oxygen atoms in total. The first-order valence-electron chi connectivity index (χ1n) is 10.7. The maximum Gasteiger partial charge on any atom is 0.271 e. The molecule has 3 aromatic rings. The molecule has 0 aliphatic carbocycles. The van der Waals surface area contributed by atoms with E-state index in [-0.39, 0.29) is 12.4 Å². The van der Waals surface area contributed by atoms with E-state index in [2.05, 4.69) is 10.5 Å². The molecule has 8 heteroatoms. The first-order chi connectivity index (χ1) is 16.5. The molecule has 0 fully saturated rings. The molecule has 0 bridgehead atoms. The van der Waals surface area contributed by atoms with Gasteiger partial charge in [0.05, 0.1) is 27.0 Å². The van der Waals surface area contributed by atoms with Crippen LogP contribution in [0.4, 0.5) is 4.39 Å². The van der Waals surface area contributed by atoms with Crippen molar-refractivity contribution in [2.75, 3.05) is 20.8 Å². The summed E-state index contributed by atoms with van der Waals surface area (Å²) in [5.41, 5.74) is 4.27. The predicted molar refractivity (Wildman–Crippen MR) is 128 cm³/mol. The fourth-order valence-corrected chi connectivity index (χ4v) is 3.04. The van der Waals surface area contributed by atoms with Gasteiger partial charge in [0.2, 0.25) is 0 Å². The normalized spacial score (nSPS) is 10.7. The van der Waals surface area contributed by atoms with Gasteiger partial charge in [-0.1, -0.05) is 19.1 Å². The molecule has 0 saturated carbocycles. The average Bonchev–Trinajstić information content (AvgIpc) is 2.86. The monoisotopic (exact) mass is 466 g/mol. The number of carbonyl (C=O) groups excluding carboxylic acids is 1. The summed E-state index contributed by atoms with van der Waals surface area (Å²) in [4.78, 5) is 12.5. The van der Waals surface area contributed by atoms with Crippen LogP contribution >= 0.6 is 0 Å². The van der Waals surface area contributed by atoms with Crippen LogP contribution in [0.5, 0.6) is 23.0 Å². The quantitative estimate of drug-likeness (QED) is 0.319. The zero-order chi connectivity index (χ0) is 24.3. The molecular formula is C26H27FN2O5. The second kappa shape index (κ2) is 12.2. The van der Waals surface area contributed by atoms with E-state index in [4.69, 9.17) is 18.9 Å². The molecule has 0 unspecified atom stereocenters. The Kier molecular flexibility index (Phi) is 8.85. The Balaban J connectivity index is 1.62. The second-order valence-corrected chi connectivity index (χ2v) is 7.24. The molecule has 1 N–H and O–H groups in total. The minimum absolute atomic E-state index is 0.198. The van der Waals surface area contributed by atoms with Gasteiger partial charge in [0.15, 0.2) is 23.0 Å². The number of rotatable bonds is 11. The van der Waals surface area contributed by atoms with Crippen LogP contribution in [0.1, 0.15) is 34.8 Å². The molecule has 3 aromatic carbocycles. The zero-order valence-corrected chi connectivity index (χ0v) is 19.3. The number of ether oxygens (including phenoxy) is 4. The first-order valence-corrected chi connectivity index (χ1v) is 10.7. The van der Waals surface area contributed by atoms with Gasteiger partial charge >= 0.3 is 0 Å². The summed E-state index contributed by atoms with van der Waals surface area (Å²) in [6.07, 6.45) is 2.36. The smallest absolute Gasteiger partial charge is 0.271 e. The van der Waals surface area contributed by atoms with E-state index in [0.717, 1.165) is 6.42 Å². The number of hydrazone groups is 1. The molecule has 0 atom stereocenters. The number of carbonyl (C=O) groups is 1. The lowest BCUT2D eigenvalue weighted by atomic mass is 10.2. The van der Waals surface area contributed by atoms with Crippen molar-refractivity contribution >= 4 is 12.1 Å². The van der Waals surface area contributed by atoms with Crippen LogP contribution in [0.2, 0.25) is 0 Å². The number of hydrogen-bond donors (Lipinski definition) is 1. The van der Waals surface area contributed by atoms with Crippen LogP contribution < -0.4 is 24.4 Å². The van der Waals surface area contributed by atoms with Crippen molar-refractivity contribution in [3.05, 3.63) is 83.2 Å². The Labute approximate surface area is 198 Å². The van der Waals surface area contributed by atoms with Crippen LogP contribution in [-0.4, -0.2) is 32.9 Å². The van der Waals surface area contributed by atoms with E-state index in [1.54, 1.807) is 48.5 Å². The third kappa shape index (κ3) is 6.71. The van der Waals surface area contributed by atoms with Crippen molar-refractivity contribution in [3.63, 3.8) is 0 Å². The Morgan fingerprint density at radius 1 is 0.941 bits per heavy atom. The molecule has 34 heavy (non-hydrogen) atoms. The van der Waals surface area contributed by atoms with Crippen molar-refractivity contribution in [2.45, 2.75) is 20.0 Å². The molecule has 0 saturated heterocycles. The summed E-state index contributed by atoms with van der Waals surface area (Å²) >= 11 is 0. The molecule has 3 rings (SSSR count). The number of halogens is 1. The number of nitrogens with zero attached hydrogens (tertiary/aromatic N) is 1. The van der Waals surface area contributed by atoms with Gasteiger partial charge in [-0.2, -0.15) is 5.10 Å².